The van der Waals surface area contributed by atoms with Crippen molar-refractivity contribution in [2.24, 2.45) is 11.8 Å². The molecule has 1 aromatic carbocycles. The van der Waals surface area contributed by atoms with Gasteiger partial charge in [0.05, 0.1) is 24.5 Å². The molecular formula is C23H30N4O2. The number of hydrogen-bond acceptors (Lipinski definition) is 3. The fourth-order valence-corrected chi connectivity index (χ4v) is 4.71. The van der Waals surface area contributed by atoms with Crippen LogP contribution in [0.3, 0.4) is 0 Å². The quantitative estimate of drug-likeness (QED) is 0.867. The number of nitrogens with one attached hydrogen (secondary N) is 1. The molecule has 1 atom stereocenters. The average molecular weight is 395 g/mol. The fraction of sp³-hybridized carbons (Fsp3) is 0.522. The third kappa shape index (κ3) is 4.07. The number of aromatic nitrogens is 2. The van der Waals surface area contributed by atoms with Crippen LogP contribution < -0.4 is 0 Å². The van der Waals surface area contributed by atoms with Crippen LogP contribution in [0.5, 0.6) is 0 Å². The number of piperidine rings is 1. The van der Waals surface area contributed by atoms with Gasteiger partial charge in [-0.3, -0.25) is 9.59 Å². The van der Waals surface area contributed by atoms with Crippen LogP contribution in [0.15, 0.2) is 36.7 Å². The lowest BCUT2D eigenvalue weighted by Gasteiger charge is -2.43. The summed E-state index contributed by atoms with van der Waals surface area (Å²) < 4.78 is 0. The first kappa shape index (κ1) is 19.7. The molecule has 6 nitrogen and oxygen atoms in total. The number of carbonyl (C=O) groups is 2. The number of likely N-dealkylation sites (tertiary alicyclic amines) is 1. The summed E-state index contributed by atoms with van der Waals surface area (Å²) in [6, 6.07) is 9.94. The second kappa shape index (κ2) is 8.39. The SMILES string of the molecule is CC(C)C(=O)N1CCc2[nH]cnc2C1C1CCN(C(=O)Cc2ccccc2)CC1. The molecule has 3 heterocycles. The van der Waals surface area contributed by atoms with Gasteiger partial charge in [0.1, 0.15) is 0 Å². The Morgan fingerprint density at radius 1 is 1.14 bits per heavy atom. The summed E-state index contributed by atoms with van der Waals surface area (Å²) in [5.41, 5.74) is 3.24. The van der Waals surface area contributed by atoms with E-state index in [0.29, 0.717) is 12.3 Å². The molecule has 1 unspecified atom stereocenters. The molecule has 6 heteroatoms. The van der Waals surface area contributed by atoms with Crippen LogP contribution in [0, 0.1) is 11.8 Å². The second-order valence-corrected chi connectivity index (χ2v) is 8.53. The Labute approximate surface area is 172 Å². The van der Waals surface area contributed by atoms with Gasteiger partial charge in [0.2, 0.25) is 11.8 Å². The Bertz CT molecular complexity index is 853. The number of hydrogen-bond donors (Lipinski definition) is 1. The van der Waals surface area contributed by atoms with Crippen molar-refractivity contribution in [2.45, 2.75) is 45.6 Å². The Morgan fingerprint density at radius 3 is 2.55 bits per heavy atom. The van der Waals surface area contributed by atoms with Crippen molar-refractivity contribution < 1.29 is 9.59 Å². The smallest absolute Gasteiger partial charge is 0.226 e. The topological polar surface area (TPSA) is 69.3 Å². The van der Waals surface area contributed by atoms with Gasteiger partial charge in [-0.15, -0.1) is 0 Å². The van der Waals surface area contributed by atoms with E-state index < -0.39 is 0 Å². The first-order valence-corrected chi connectivity index (χ1v) is 10.7. The molecule has 2 aromatic rings. The number of aromatic amines is 1. The summed E-state index contributed by atoms with van der Waals surface area (Å²) in [5, 5.41) is 0. The first-order valence-electron chi connectivity index (χ1n) is 10.7. The lowest BCUT2D eigenvalue weighted by Crippen LogP contribution is -2.48. The minimum Gasteiger partial charge on any atom is -0.348 e. The molecule has 0 aliphatic carbocycles. The van der Waals surface area contributed by atoms with E-state index in [-0.39, 0.29) is 23.8 Å². The number of nitrogens with zero attached hydrogens (tertiary/aromatic N) is 3. The van der Waals surface area contributed by atoms with Crippen molar-refractivity contribution >= 4 is 11.8 Å². The van der Waals surface area contributed by atoms with Gasteiger partial charge in [0.15, 0.2) is 0 Å². The highest BCUT2D eigenvalue weighted by Crippen LogP contribution is 2.39. The van der Waals surface area contributed by atoms with Gasteiger partial charge >= 0.3 is 0 Å². The molecule has 2 amide bonds. The van der Waals surface area contributed by atoms with Crippen molar-refractivity contribution in [3.63, 3.8) is 0 Å². The molecule has 154 valence electrons. The summed E-state index contributed by atoms with van der Waals surface area (Å²) in [5.74, 6) is 0.700. The van der Waals surface area contributed by atoms with Gasteiger partial charge in [-0.25, -0.2) is 4.98 Å². The number of imidazole rings is 1. The number of carbonyl (C=O) groups excluding carboxylic acids is 2. The van der Waals surface area contributed by atoms with Gasteiger partial charge in [0, 0.05) is 37.7 Å². The lowest BCUT2D eigenvalue weighted by molar-refractivity contribution is -0.140. The maximum atomic E-state index is 12.9. The van der Waals surface area contributed by atoms with Crippen LogP contribution in [-0.2, 0) is 22.4 Å². The predicted molar refractivity (Wildman–Crippen MR) is 111 cm³/mol. The summed E-state index contributed by atoms with van der Waals surface area (Å²) >= 11 is 0. The number of rotatable bonds is 4. The van der Waals surface area contributed by atoms with Crippen molar-refractivity contribution in [2.75, 3.05) is 19.6 Å². The van der Waals surface area contributed by atoms with Crippen LogP contribution in [0.1, 0.15) is 49.7 Å². The third-order valence-electron chi connectivity index (χ3n) is 6.28. The molecule has 1 fully saturated rings. The Kier molecular flexibility index (Phi) is 5.69. The minimum absolute atomic E-state index is 0.0197. The number of H-pyrrole nitrogens is 1. The summed E-state index contributed by atoms with van der Waals surface area (Å²) in [6.07, 6.45) is 4.84. The monoisotopic (exact) mass is 394 g/mol. The number of fused-ring (bicyclic) bond motifs is 1. The molecule has 0 spiro atoms. The molecule has 1 aromatic heterocycles. The van der Waals surface area contributed by atoms with Gasteiger partial charge in [0.25, 0.3) is 0 Å². The van der Waals surface area contributed by atoms with E-state index >= 15 is 0 Å². The summed E-state index contributed by atoms with van der Waals surface area (Å²) in [4.78, 5) is 37.5. The highest BCUT2D eigenvalue weighted by Gasteiger charge is 2.40. The number of benzene rings is 1. The van der Waals surface area contributed by atoms with E-state index in [1.165, 1.54) is 0 Å². The zero-order chi connectivity index (χ0) is 20.4. The second-order valence-electron chi connectivity index (χ2n) is 8.53. The Hall–Kier alpha value is -2.63. The van der Waals surface area contributed by atoms with Crippen LogP contribution in [0.25, 0.3) is 0 Å². The fourth-order valence-electron chi connectivity index (χ4n) is 4.71. The van der Waals surface area contributed by atoms with Crippen molar-refractivity contribution in [1.82, 2.24) is 19.8 Å². The molecule has 0 radical (unpaired) electrons. The van der Waals surface area contributed by atoms with Crippen molar-refractivity contribution in [3.05, 3.63) is 53.6 Å². The van der Waals surface area contributed by atoms with Gasteiger partial charge in [-0.05, 0) is 24.3 Å². The molecule has 0 saturated carbocycles. The summed E-state index contributed by atoms with van der Waals surface area (Å²) in [7, 11) is 0. The van der Waals surface area contributed by atoms with Gasteiger partial charge in [-0.1, -0.05) is 44.2 Å². The number of amides is 2. The lowest BCUT2D eigenvalue weighted by atomic mass is 9.83. The van der Waals surface area contributed by atoms with Crippen LogP contribution in [0.2, 0.25) is 0 Å². The van der Waals surface area contributed by atoms with Crippen LogP contribution in [-0.4, -0.2) is 51.2 Å². The van der Waals surface area contributed by atoms with E-state index in [0.717, 1.165) is 55.8 Å². The molecule has 2 aliphatic rings. The van der Waals surface area contributed by atoms with E-state index in [2.05, 4.69) is 9.97 Å². The van der Waals surface area contributed by atoms with Crippen molar-refractivity contribution in [1.29, 1.82) is 0 Å². The summed E-state index contributed by atoms with van der Waals surface area (Å²) in [6.45, 7) is 6.16. The van der Waals surface area contributed by atoms with Crippen LogP contribution in [0.4, 0.5) is 0 Å². The standard InChI is InChI=1S/C23H30N4O2/c1-16(2)23(29)27-13-10-19-21(25-15-24-19)22(27)18-8-11-26(12-9-18)20(28)14-17-6-4-3-5-7-17/h3-7,15-16,18,22H,8-14H2,1-2H3,(H,24,25). The van der Waals surface area contributed by atoms with E-state index in [1.54, 1.807) is 6.33 Å². The normalized spacial score (nSPS) is 20.0. The largest absolute Gasteiger partial charge is 0.348 e. The zero-order valence-corrected chi connectivity index (χ0v) is 17.3. The molecule has 1 N–H and O–H groups in total. The molecule has 0 bridgehead atoms. The molecule has 1 saturated heterocycles. The van der Waals surface area contributed by atoms with Gasteiger partial charge in [-0.2, -0.15) is 0 Å². The average Bonchev–Trinajstić information content (AvgIpc) is 3.22. The molecule has 29 heavy (non-hydrogen) atoms. The zero-order valence-electron chi connectivity index (χ0n) is 17.3. The predicted octanol–water partition coefficient (Wildman–Crippen LogP) is 2.97. The minimum atomic E-state index is -0.0227. The van der Waals surface area contributed by atoms with Crippen LogP contribution >= 0.6 is 0 Å². The maximum Gasteiger partial charge on any atom is 0.226 e. The molecule has 2 aliphatic heterocycles. The van der Waals surface area contributed by atoms with Gasteiger partial charge < -0.3 is 14.8 Å². The highest BCUT2D eigenvalue weighted by molar-refractivity contribution is 5.79. The maximum absolute atomic E-state index is 12.9. The van der Waals surface area contributed by atoms with E-state index in [4.69, 9.17) is 0 Å². The third-order valence-corrected chi connectivity index (χ3v) is 6.28. The molecular weight excluding hydrogens is 364 g/mol. The van der Waals surface area contributed by atoms with E-state index in [1.807, 2.05) is 54.0 Å². The van der Waals surface area contributed by atoms with E-state index in [9.17, 15) is 9.59 Å². The molecule has 4 rings (SSSR count). The Balaban J connectivity index is 1.45. The first-order chi connectivity index (χ1) is 14.0. The van der Waals surface area contributed by atoms with Crippen molar-refractivity contribution in [3.8, 4) is 0 Å². The highest BCUT2D eigenvalue weighted by atomic mass is 16.2. The Morgan fingerprint density at radius 2 is 1.86 bits per heavy atom.